The molecule has 1 heterocycles. The fourth-order valence-electron chi connectivity index (χ4n) is 4.05. The number of hydrogen-bond donors (Lipinski definition) is 0. The molecule has 1 aromatic heterocycles. The lowest BCUT2D eigenvalue weighted by atomic mass is 10.1. The van der Waals surface area contributed by atoms with E-state index in [1.54, 1.807) is 11.3 Å². The second-order valence-corrected chi connectivity index (χ2v) is 8.90. The van der Waals surface area contributed by atoms with Crippen LogP contribution in [0.5, 0.6) is 0 Å². The maximum absolute atomic E-state index is 12.9. The van der Waals surface area contributed by atoms with Gasteiger partial charge in [-0.15, -0.1) is 11.3 Å². The van der Waals surface area contributed by atoms with Crippen molar-refractivity contribution in [3.05, 3.63) is 96.2 Å². The van der Waals surface area contributed by atoms with Crippen molar-refractivity contribution in [3.8, 4) is 0 Å². The summed E-state index contributed by atoms with van der Waals surface area (Å²) in [6.07, 6.45) is 5.89. The molecular formula is C26H30NO2S+. The molecule has 0 saturated carbocycles. The summed E-state index contributed by atoms with van der Waals surface area (Å²) in [5.41, 5.74) is 1.11. The van der Waals surface area contributed by atoms with Gasteiger partial charge in [-0.3, -0.25) is 4.79 Å². The van der Waals surface area contributed by atoms with Gasteiger partial charge in [-0.2, -0.15) is 0 Å². The van der Waals surface area contributed by atoms with Crippen LogP contribution in [0, 0.1) is 0 Å². The van der Waals surface area contributed by atoms with E-state index >= 15 is 0 Å². The molecule has 0 fully saturated rings. The minimum Gasteiger partial charge on any atom is -0.368 e. The van der Waals surface area contributed by atoms with Gasteiger partial charge in [0, 0.05) is 20.2 Å². The predicted octanol–water partition coefficient (Wildman–Crippen LogP) is 5.69. The molecule has 30 heavy (non-hydrogen) atoms. The lowest BCUT2D eigenvalue weighted by molar-refractivity contribution is -0.914. The van der Waals surface area contributed by atoms with Crippen LogP contribution in [0.3, 0.4) is 0 Å². The summed E-state index contributed by atoms with van der Waals surface area (Å²) >= 11 is 1.65. The van der Waals surface area contributed by atoms with Crippen LogP contribution in [0.2, 0.25) is 0 Å². The van der Waals surface area contributed by atoms with Gasteiger partial charge < -0.3 is 9.22 Å². The van der Waals surface area contributed by atoms with Gasteiger partial charge in [-0.05, 0) is 55.0 Å². The van der Waals surface area contributed by atoms with Crippen molar-refractivity contribution in [2.75, 3.05) is 26.2 Å². The van der Waals surface area contributed by atoms with E-state index in [9.17, 15) is 4.79 Å². The molecule has 2 aromatic carbocycles. The molecule has 3 nitrogen and oxygen atoms in total. The van der Waals surface area contributed by atoms with Crippen molar-refractivity contribution in [1.29, 1.82) is 0 Å². The molecule has 0 aliphatic heterocycles. The summed E-state index contributed by atoms with van der Waals surface area (Å²) in [5, 5.41) is 1.55. The number of fused-ring (bicyclic) bond motifs is 2. The van der Waals surface area contributed by atoms with E-state index in [2.05, 4.69) is 32.7 Å². The first kappa shape index (κ1) is 22.2. The lowest BCUT2D eigenvalue weighted by Crippen LogP contribution is -2.52. The summed E-state index contributed by atoms with van der Waals surface area (Å²) in [4.78, 5) is 12.9. The monoisotopic (exact) mass is 420 g/mol. The van der Waals surface area contributed by atoms with Gasteiger partial charge in [0.2, 0.25) is 0 Å². The smallest absolute Gasteiger partial charge is 0.195 e. The van der Waals surface area contributed by atoms with Crippen LogP contribution >= 0.6 is 11.3 Å². The Balaban J connectivity index is 1.77. The van der Waals surface area contributed by atoms with E-state index < -0.39 is 0 Å². The Bertz CT molecular complexity index is 1090. The van der Waals surface area contributed by atoms with E-state index in [0.29, 0.717) is 6.61 Å². The number of benzene rings is 2. The first-order valence-electron chi connectivity index (χ1n) is 10.3. The summed E-state index contributed by atoms with van der Waals surface area (Å²) in [5.74, 6) is 0. The average Bonchev–Trinajstić information content (AvgIpc) is 2.73. The number of nitrogens with zero attached hydrogens (tertiary/aromatic N) is 1. The van der Waals surface area contributed by atoms with E-state index in [0.717, 1.165) is 56.4 Å². The van der Waals surface area contributed by atoms with Gasteiger partial charge in [-0.1, -0.05) is 37.9 Å². The molecule has 156 valence electrons. The lowest BCUT2D eigenvalue weighted by Gasteiger charge is -2.38. The van der Waals surface area contributed by atoms with Crippen molar-refractivity contribution >= 4 is 31.5 Å². The molecule has 0 aliphatic carbocycles. The van der Waals surface area contributed by atoms with Gasteiger partial charge in [0.05, 0.1) is 26.2 Å². The van der Waals surface area contributed by atoms with Crippen LogP contribution in [0.15, 0.2) is 85.2 Å². The highest BCUT2D eigenvalue weighted by Gasteiger charge is 2.26. The van der Waals surface area contributed by atoms with Crippen molar-refractivity contribution in [2.45, 2.75) is 19.6 Å². The third kappa shape index (κ3) is 4.96. The normalized spacial score (nSPS) is 12.7. The summed E-state index contributed by atoms with van der Waals surface area (Å²) in [6.45, 7) is 17.7. The molecule has 0 bridgehead atoms. The van der Waals surface area contributed by atoms with Gasteiger partial charge in [0.15, 0.2) is 5.43 Å². The SMILES string of the molecule is C=CC[N+](CC=C)(CC=C)CC(C)OCc1ccc2sc3ccccc3c(=O)c2c1. The van der Waals surface area contributed by atoms with Gasteiger partial charge in [0.25, 0.3) is 0 Å². The van der Waals surface area contributed by atoms with Crippen LogP contribution in [0.1, 0.15) is 12.5 Å². The quantitative estimate of drug-likeness (QED) is 0.226. The van der Waals surface area contributed by atoms with Gasteiger partial charge in [0.1, 0.15) is 12.6 Å². The summed E-state index contributed by atoms with van der Waals surface area (Å²) in [6, 6.07) is 13.8. The van der Waals surface area contributed by atoms with Crippen LogP contribution < -0.4 is 5.43 Å². The largest absolute Gasteiger partial charge is 0.368 e. The molecule has 0 N–H and O–H groups in total. The molecule has 0 amide bonds. The second-order valence-electron chi connectivity index (χ2n) is 7.82. The maximum atomic E-state index is 12.9. The maximum Gasteiger partial charge on any atom is 0.195 e. The number of hydrogen-bond acceptors (Lipinski definition) is 3. The molecule has 0 aliphatic rings. The predicted molar refractivity (Wildman–Crippen MR) is 130 cm³/mol. The second kappa shape index (κ2) is 9.98. The van der Waals surface area contributed by atoms with Crippen LogP contribution in [0.4, 0.5) is 0 Å². The Morgan fingerprint density at radius 2 is 1.60 bits per heavy atom. The molecule has 0 radical (unpaired) electrons. The Kier molecular flexibility index (Phi) is 7.38. The Hall–Kier alpha value is -2.53. The number of quaternary nitrogens is 1. The van der Waals surface area contributed by atoms with Crippen molar-refractivity contribution in [3.63, 3.8) is 0 Å². The molecular weight excluding hydrogens is 390 g/mol. The fraction of sp³-hybridized carbons (Fsp3) is 0.269. The fourth-order valence-corrected chi connectivity index (χ4v) is 5.10. The number of rotatable bonds is 11. The van der Waals surface area contributed by atoms with E-state index in [1.807, 2.05) is 54.6 Å². The van der Waals surface area contributed by atoms with Crippen LogP contribution in [0.25, 0.3) is 20.2 Å². The van der Waals surface area contributed by atoms with Crippen LogP contribution in [-0.4, -0.2) is 36.8 Å². The minimum absolute atomic E-state index is 0.0479. The third-order valence-corrected chi connectivity index (χ3v) is 6.52. The van der Waals surface area contributed by atoms with E-state index in [4.69, 9.17) is 4.74 Å². The van der Waals surface area contributed by atoms with Gasteiger partial charge in [-0.25, -0.2) is 0 Å². The third-order valence-electron chi connectivity index (χ3n) is 5.37. The van der Waals surface area contributed by atoms with E-state index in [-0.39, 0.29) is 11.5 Å². The standard InChI is InChI=1S/C26H30NO2S/c1-5-14-27(15-6-2,16-7-3)18-20(4)29-19-21-12-13-25-23(17-21)26(28)22-10-8-9-11-24(22)30-25/h5-13,17,20H,1-3,14-16,18-19H2,4H3/q+1. The first-order chi connectivity index (χ1) is 14.5. The highest BCUT2D eigenvalue weighted by molar-refractivity contribution is 7.24. The highest BCUT2D eigenvalue weighted by Crippen LogP contribution is 2.25. The highest BCUT2D eigenvalue weighted by atomic mass is 32.1. The molecule has 0 spiro atoms. The Morgan fingerprint density at radius 3 is 2.27 bits per heavy atom. The first-order valence-corrected chi connectivity index (χ1v) is 11.1. The summed E-state index contributed by atoms with van der Waals surface area (Å²) in [7, 11) is 0. The summed E-state index contributed by atoms with van der Waals surface area (Å²) < 4.78 is 9.01. The zero-order chi connectivity index (χ0) is 21.6. The zero-order valence-electron chi connectivity index (χ0n) is 17.7. The van der Waals surface area contributed by atoms with Crippen molar-refractivity contribution in [1.82, 2.24) is 0 Å². The molecule has 3 rings (SSSR count). The molecule has 4 heteroatoms. The average molecular weight is 421 g/mol. The van der Waals surface area contributed by atoms with E-state index in [1.165, 1.54) is 0 Å². The molecule has 3 aromatic rings. The zero-order valence-corrected chi connectivity index (χ0v) is 18.5. The van der Waals surface area contributed by atoms with Crippen molar-refractivity contribution < 1.29 is 9.22 Å². The van der Waals surface area contributed by atoms with Gasteiger partial charge >= 0.3 is 0 Å². The molecule has 1 atom stereocenters. The molecule has 1 unspecified atom stereocenters. The topological polar surface area (TPSA) is 26.3 Å². The number of ether oxygens (including phenoxy) is 1. The minimum atomic E-state index is 0.0479. The van der Waals surface area contributed by atoms with Crippen molar-refractivity contribution in [2.24, 2.45) is 0 Å². The van der Waals surface area contributed by atoms with Crippen LogP contribution in [-0.2, 0) is 11.3 Å². The Labute approximate surface area is 182 Å². The Morgan fingerprint density at radius 1 is 0.967 bits per heavy atom. The molecule has 0 saturated heterocycles.